The van der Waals surface area contributed by atoms with Crippen LogP contribution in [0.3, 0.4) is 0 Å². The minimum atomic E-state index is -4.94. The second-order valence-corrected chi connectivity index (χ2v) is 8.31. The van der Waals surface area contributed by atoms with Crippen LogP contribution in [0.2, 0.25) is 0 Å². The maximum Gasteiger partial charge on any atom is 0.332 e. The fourth-order valence-corrected chi connectivity index (χ4v) is 4.73. The van der Waals surface area contributed by atoms with Crippen LogP contribution in [0, 0.1) is 0 Å². The molecule has 1 aromatic rings. The van der Waals surface area contributed by atoms with E-state index in [1.807, 2.05) is 0 Å². The Bertz CT molecular complexity index is 762. The van der Waals surface area contributed by atoms with Gasteiger partial charge >= 0.3 is 10.2 Å². The first-order chi connectivity index (χ1) is 9.75. The average Bonchev–Trinajstić information content (AvgIpc) is 2.99. The Kier molecular flexibility index (Phi) is 3.55. The van der Waals surface area contributed by atoms with E-state index in [0.717, 1.165) is 25.0 Å². The third kappa shape index (κ3) is 2.96. The molecule has 9 heteroatoms. The van der Waals surface area contributed by atoms with E-state index in [1.165, 1.54) is 12.1 Å². The van der Waals surface area contributed by atoms with Gasteiger partial charge in [0, 0.05) is 0 Å². The van der Waals surface area contributed by atoms with Crippen LogP contribution in [0.1, 0.15) is 19.3 Å². The monoisotopic (exact) mass is 335 g/mol. The van der Waals surface area contributed by atoms with E-state index in [4.69, 9.17) is 4.74 Å². The molecule has 21 heavy (non-hydrogen) atoms. The van der Waals surface area contributed by atoms with Crippen molar-refractivity contribution in [1.29, 1.82) is 0 Å². The SMILES string of the molecule is O=S(=O)(F)c1cccc(S(=O)(=O)NC2CC3CCC2O3)c1. The Morgan fingerprint density at radius 3 is 2.43 bits per heavy atom. The third-order valence-electron chi connectivity index (χ3n) is 3.81. The summed E-state index contributed by atoms with van der Waals surface area (Å²) in [6.07, 6.45) is 2.28. The second kappa shape index (κ2) is 5.01. The Labute approximate surface area is 122 Å². The number of hydrogen-bond donors (Lipinski definition) is 1. The van der Waals surface area contributed by atoms with Crippen molar-refractivity contribution in [3.63, 3.8) is 0 Å². The Hall–Kier alpha value is -1.03. The molecule has 2 saturated heterocycles. The summed E-state index contributed by atoms with van der Waals surface area (Å²) in [7, 11) is -8.85. The molecule has 3 unspecified atom stereocenters. The largest absolute Gasteiger partial charge is 0.373 e. The van der Waals surface area contributed by atoms with Gasteiger partial charge in [-0.1, -0.05) is 6.07 Å². The van der Waals surface area contributed by atoms with E-state index in [2.05, 4.69) is 4.72 Å². The fraction of sp³-hybridized carbons (Fsp3) is 0.500. The van der Waals surface area contributed by atoms with Crippen molar-refractivity contribution in [3.8, 4) is 0 Å². The number of fused-ring (bicyclic) bond motifs is 2. The molecule has 116 valence electrons. The van der Waals surface area contributed by atoms with Crippen LogP contribution >= 0.6 is 0 Å². The van der Waals surface area contributed by atoms with Crippen molar-refractivity contribution >= 4 is 20.2 Å². The van der Waals surface area contributed by atoms with Gasteiger partial charge in [0.25, 0.3) is 0 Å². The van der Waals surface area contributed by atoms with E-state index >= 15 is 0 Å². The van der Waals surface area contributed by atoms with Gasteiger partial charge in [-0.05, 0) is 37.5 Å². The second-order valence-electron chi connectivity index (χ2n) is 5.25. The standard InChI is InChI=1S/C12H14FNO5S2/c13-20(15,16)9-2-1-3-10(7-9)21(17,18)14-11-6-8-4-5-12(11)19-8/h1-3,7-8,11-12,14H,4-6H2. The van der Waals surface area contributed by atoms with Crippen LogP contribution in [0.15, 0.2) is 34.1 Å². The lowest BCUT2D eigenvalue weighted by molar-refractivity contribution is 0.0996. The van der Waals surface area contributed by atoms with E-state index in [0.29, 0.717) is 6.42 Å². The molecule has 0 radical (unpaired) electrons. The van der Waals surface area contributed by atoms with Crippen LogP contribution in [-0.2, 0) is 25.0 Å². The van der Waals surface area contributed by atoms with Crippen molar-refractivity contribution in [1.82, 2.24) is 4.72 Å². The van der Waals surface area contributed by atoms with Crippen molar-refractivity contribution in [3.05, 3.63) is 24.3 Å². The lowest BCUT2D eigenvalue weighted by atomic mass is 9.96. The Morgan fingerprint density at radius 1 is 1.14 bits per heavy atom. The van der Waals surface area contributed by atoms with Gasteiger partial charge in [0.05, 0.1) is 28.0 Å². The number of rotatable bonds is 4. The highest BCUT2D eigenvalue weighted by Gasteiger charge is 2.42. The molecule has 2 aliphatic heterocycles. The summed E-state index contributed by atoms with van der Waals surface area (Å²) in [5.41, 5.74) is 0. The van der Waals surface area contributed by atoms with E-state index in [-0.39, 0.29) is 23.1 Å². The molecule has 0 saturated carbocycles. The van der Waals surface area contributed by atoms with Gasteiger partial charge in [0.2, 0.25) is 10.0 Å². The predicted octanol–water partition coefficient (Wildman–Crippen LogP) is 0.943. The molecule has 0 aromatic heterocycles. The zero-order valence-electron chi connectivity index (χ0n) is 10.9. The van der Waals surface area contributed by atoms with Crippen LogP contribution in [0.4, 0.5) is 3.89 Å². The highest BCUT2D eigenvalue weighted by molar-refractivity contribution is 7.89. The maximum absolute atomic E-state index is 13.0. The van der Waals surface area contributed by atoms with Crippen molar-refractivity contribution in [2.75, 3.05) is 0 Å². The topological polar surface area (TPSA) is 89.5 Å². The molecular weight excluding hydrogens is 321 g/mol. The van der Waals surface area contributed by atoms with Crippen molar-refractivity contribution < 1.29 is 25.5 Å². The van der Waals surface area contributed by atoms with E-state index < -0.39 is 25.1 Å². The lowest BCUT2D eigenvalue weighted by Crippen LogP contribution is -2.41. The van der Waals surface area contributed by atoms with Gasteiger partial charge in [-0.3, -0.25) is 0 Å². The molecule has 0 spiro atoms. The maximum atomic E-state index is 13.0. The van der Waals surface area contributed by atoms with Gasteiger partial charge in [-0.25, -0.2) is 13.1 Å². The Morgan fingerprint density at radius 2 is 1.86 bits per heavy atom. The number of sulfonamides is 1. The number of ether oxygens (including phenoxy) is 1. The van der Waals surface area contributed by atoms with Crippen LogP contribution in [0.5, 0.6) is 0 Å². The molecule has 1 aromatic carbocycles. The highest BCUT2D eigenvalue weighted by Crippen LogP contribution is 2.35. The molecule has 0 aliphatic carbocycles. The van der Waals surface area contributed by atoms with E-state index in [9.17, 15) is 20.7 Å². The molecular formula is C12H14FNO5S2. The van der Waals surface area contributed by atoms with Crippen molar-refractivity contribution in [2.24, 2.45) is 0 Å². The molecule has 2 bridgehead atoms. The molecule has 2 aliphatic rings. The average molecular weight is 335 g/mol. The van der Waals surface area contributed by atoms with E-state index in [1.54, 1.807) is 0 Å². The predicted molar refractivity (Wildman–Crippen MR) is 71.4 cm³/mol. The summed E-state index contributed by atoms with van der Waals surface area (Å²) in [6, 6.07) is 3.92. The summed E-state index contributed by atoms with van der Waals surface area (Å²) in [6.45, 7) is 0. The first-order valence-corrected chi connectivity index (χ1v) is 9.35. The molecule has 1 N–H and O–H groups in total. The molecule has 3 rings (SSSR count). The highest BCUT2D eigenvalue weighted by atomic mass is 32.3. The van der Waals surface area contributed by atoms with Gasteiger partial charge in [0.1, 0.15) is 0 Å². The number of hydrogen-bond acceptors (Lipinski definition) is 5. The summed E-state index contributed by atoms with van der Waals surface area (Å²) < 4.78 is 67.3. The number of benzene rings is 1. The third-order valence-corrected chi connectivity index (χ3v) is 6.11. The Balaban J connectivity index is 1.85. The van der Waals surface area contributed by atoms with Gasteiger partial charge in [0.15, 0.2) is 0 Å². The molecule has 2 fully saturated rings. The lowest BCUT2D eigenvalue weighted by Gasteiger charge is -2.20. The summed E-state index contributed by atoms with van der Waals surface area (Å²) >= 11 is 0. The summed E-state index contributed by atoms with van der Waals surface area (Å²) in [5.74, 6) is 0. The molecule has 3 atom stereocenters. The molecule has 0 amide bonds. The van der Waals surface area contributed by atoms with Gasteiger partial charge in [-0.15, -0.1) is 3.89 Å². The first-order valence-electron chi connectivity index (χ1n) is 6.48. The summed E-state index contributed by atoms with van der Waals surface area (Å²) in [5, 5.41) is 0. The van der Waals surface area contributed by atoms with Gasteiger partial charge in [-0.2, -0.15) is 8.42 Å². The minimum Gasteiger partial charge on any atom is -0.373 e. The minimum absolute atomic E-state index is 0.0836. The normalized spacial score (nSPS) is 28.9. The fourth-order valence-electron chi connectivity index (χ4n) is 2.82. The van der Waals surface area contributed by atoms with Crippen LogP contribution in [-0.4, -0.2) is 35.1 Å². The summed E-state index contributed by atoms with van der Waals surface area (Å²) in [4.78, 5) is -0.946. The van der Waals surface area contributed by atoms with Crippen LogP contribution < -0.4 is 4.72 Å². The first kappa shape index (κ1) is 14.9. The zero-order valence-corrected chi connectivity index (χ0v) is 12.5. The number of halogens is 1. The molecule has 6 nitrogen and oxygen atoms in total. The molecule has 2 heterocycles. The zero-order chi connectivity index (χ0) is 15.3. The van der Waals surface area contributed by atoms with Crippen LogP contribution in [0.25, 0.3) is 0 Å². The van der Waals surface area contributed by atoms with Gasteiger partial charge < -0.3 is 4.74 Å². The smallest absolute Gasteiger partial charge is 0.332 e. The van der Waals surface area contributed by atoms with Crippen molar-refractivity contribution in [2.45, 2.75) is 47.3 Å². The number of nitrogens with one attached hydrogen (secondary N) is 1. The quantitative estimate of drug-likeness (QED) is 0.827.